The van der Waals surface area contributed by atoms with Gasteiger partial charge >= 0.3 is 45.2 Å². The standard InChI is InChI=1S/C3H5O.CH3.Zn/c1-3(2)4;;/h1H2,2H3;1H3;. The molecule has 0 fully saturated rings. The summed E-state index contributed by atoms with van der Waals surface area (Å²) in [4.78, 5) is 10.1. The van der Waals surface area contributed by atoms with Crippen LogP contribution in [0.5, 0.6) is 0 Å². The predicted molar refractivity (Wildman–Crippen MR) is 21.4 cm³/mol. The second kappa shape index (κ2) is 3.48. The van der Waals surface area contributed by atoms with Crippen molar-refractivity contribution in [1.29, 1.82) is 0 Å². The fourth-order valence-corrected chi connectivity index (χ4v) is 1.83. The Morgan fingerprint density at radius 2 is 2.33 bits per heavy atom. The molecule has 0 saturated carbocycles. The van der Waals surface area contributed by atoms with E-state index in [4.69, 9.17) is 0 Å². The van der Waals surface area contributed by atoms with Crippen LogP contribution in [0.1, 0.15) is 6.92 Å². The summed E-state index contributed by atoms with van der Waals surface area (Å²) in [6.45, 7) is 1.66. The van der Waals surface area contributed by atoms with Gasteiger partial charge in [-0.05, 0) is 0 Å². The summed E-state index contributed by atoms with van der Waals surface area (Å²) in [5.41, 5.74) is 2.19. The van der Waals surface area contributed by atoms with Crippen molar-refractivity contribution in [2.24, 2.45) is 0 Å². The summed E-state index contributed by atoms with van der Waals surface area (Å²) in [7, 11) is 0. The van der Waals surface area contributed by atoms with Crippen molar-refractivity contribution in [3.05, 3.63) is 0 Å². The molecule has 0 atom stereocenters. The number of carbonyl (C=O) groups excluding carboxylic acids is 1. The zero-order chi connectivity index (χ0) is 4.99. The number of hydrogen-bond acceptors (Lipinski definition) is 1. The first-order chi connectivity index (χ1) is 2.77. The Balaban J connectivity index is 2.83. The van der Waals surface area contributed by atoms with E-state index in [9.17, 15) is 4.79 Å². The fourth-order valence-electron chi connectivity index (χ4n) is 0.352. The maximum absolute atomic E-state index is 10.1. The molecule has 0 bridgehead atoms. The number of hydrogen-bond donors (Lipinski definition) is 0. The molecule has 32 valence electrons. The molecule has 0 spiro atoms. The Kier molecular flexibility index (Phi) is 3.65. The predicted octanol–water partition coefficient (Wildman–Crippen LogP) is 1.12. The van der Waals surface area contributed by atoms with E-state index in [2.05, 4.69) is 5.52 Å². The van der Waals surface area contributed by atoms with E-state index in [-0.39, 0.29) is 17.1 Å². The molecule has 1 nitrogen and oxygen atoms in total. The van der Waals surface area contributed by atoms with Crippen molar-refractivity contribution in [2.45, 2.75) is 17.5 Å². The van der Waals surface area contributed by atoms with E-state index in [1.807, 2.05) is 0 Å². The SMILES string of the molecule is [CH3][Zn][CH2]C(C)=O. The Bertz CT molecular complexity index is 51.5. The molecule has 0 aromatic rings. The van der Waals surface area contributed by atoms with E-state index >= 15 is 0 Å². The van der Waals surface area contributed by atoms with Crippen LogP contribution in [0.3, 0.4) is 0 Å². The van der Waals surface area contributed by atoms with Gasteiger partial charge in [0.15, 0.2) is 0 Å². The average molecular weight is 137 g/mol. The molecule has 0 aliphatic heterocycles. The van der Waals surface area contributed by atoms with Gasteiger partial charge in [-0.25, -0.2) is 0 Å². The Morgan fingerprint density at radius 3 is 2.33 bits per heavy atom. The van der Waals surface area contributed by atoms with Gasteiger partial charge in [0.1, 0.15) is 0 Å². The molecule has 2 heteroatoms. The van der Waals surface area contributed by atoms with Crippen LogP contribution in [0, 0.1) is 0 Å². The normalized spacial score (nSPS) is 7.00. The van der Waals surface area contributed by atoms with Crippen LogP contribution in [-0.2, 0) is 21.9 Å². The third-order valence-corrected chi connectivity index (χ3v) is 3.13. The van der Waals surface area contributed by atoms with E-state index < -0.39 is 0 Å². The summed E-state index contributed by atoms with van der Waals surface area (Å²) in [5.74, 6) is 0.373. The summed E-state index contributed by atoms with van der Waals surface area (Å²) < 4.78 is 0. The third kappa shape index (κ3) is 4.29. The Hall–Kier alpha value is 0.293. The van der Waals surface area contributed by atoms with Gasteiger partial charge in [-0.3, -0.25) is 0 Å². The third-order valence-electron chi connectivity index (χ3n) is 0.602. The van der Waals surface area contributed by atoms with Gasteiger partial charge in [0.25, 0.3) is 0 Å². The summed E-state index contributed by atoms with van der Waals surface area (Å²) >= 11 is -0.321. The molecular formula is C4H8OZn. The first-order valence-electron chi connectivity index (χ1n) is 2.26. The molecule has 0 aromatic carbocycles. The van der Waals surface area contributed by atoms with Crippen molar-refractivity contribution in [3.8, 4) is 0 Å². The number of ketones is 1. The van der Waals surface area contributed by atoms with E-state index in [1.54, 1.807) is 6.92 Å². The molecule has 0 unspecified atom stereocenters. The molecule has 0 N–H and O–H groups in total. The first kappa shape index (κ1) is 6.29. The van der Waals surface area contributed by atoms with Gasteiger partial charge in [-0.2, -0.15) is 0 Å². The van der Waals surface area contributed by atoms with E-state index in [0.717, 1.165) is 5.02 Å². The number of rotatable bonds is 2. The second-order valence-corrected chi connectivity index (χ2v) is 4.60. The fraction of sp³-hybridized carbons (Fsp3) is 0.750. The number of carbonyl (C=O) groups is 1. The molecule has 0 aliphatic carbocycles. The van der Waals surface area contributed by atoms with Gasteiger partial charge in [0.05, 0.1) is 0 Å². The molecule has 0 rings (SSSR count). The zero-order valence-corrected chi connectivity index (χ0v) is 7.29. The van der Waals surface area contributed by atoms with Crippen molar-refractivity contribution in [2.75, 3.05) is 0 Å². The van der Waals surface area contributed by atoms with Gasteiger partial charge in [0, 0.05) is 0 Å². The van der Waals surface area contributed by atoms with Crippen LogP contribution >= 0.6 is 0 Å². The van der Waals surface area contributed by atoms with Crippen molar-refractivity contribution >= 4 is 5.78 Å². The van der Waals surface area contributed by atoms with Gasteiger partial charge in [-0.1, -0.05) is 0 Å². The summed E-state index contributed by atoms with van der Waals surface area (Å²) in [5, 5.41) is 0.924. The molecule has 6 heavy (non-hydrogen) atoms. The van der Waals surface area contributed by atoms with Crippen LogP contribution in [0.4, 0.5) is 0 Å². The van der Waals surface area contributed by atoms with Crippen LogP contribution in [0.2, 0.25) is 10.5 Å². The molecule has 0 saturated heterocycles. The van der Waals surface area contributed by atoms with E-state index in [1.165, 1.54) is 0 Å². The van der Waals surface area contributed by atoms with Crippen LogP contribution in [-0.4, -0.2) is 5.78 Å². The number of Topliss-reactive ketones (excluding diaryl/α,β-unsaturated/α-hetero) is 1. The quantitative estimate of drug-likeness (QED) is 0.522. The molecule has 0 amide bonds. The second-order valence-electron chi connectivity index (χ2n) is 1.45. The molecule has 0 radical (unpaired) electrons. The summed E-state index contributed by atoms with van der Waals surface area (Å²) in [6.07, 6.45) is 0. The van der Waals surface area contributed by atoms with Crippen molar-refractivity contribution < 1.29 is 21.9 Å². The Labute approximate surface area is 45.7 Å². The monoisotopic (exact) mass is 136 g/mol. The topological polar surface area (TPSA) is 17.1 Å². The Morgan fingerprint density at radius 1 is 1.83 bits per heavy atom. The first-order valence-corrected chi connectivity index (χ1v) is 7.33. The molecule has 0 aromatic heterocycles. The molecule has 0 aliphatic rings. The van der Waals surface area contributed by atoms with Crippen LogP contribution in [0.15, 0.2) is 0 Å². The molecular weight excluding hydrogens is 129 g/mol. The van der Waals surface area contributed by atoms with Gasteiger partial charge in [0.2, 0.25) is 0 Å². The van der Waals surface area contributed by atoms with Crippen LogP contribution < -0.4 is 0 Å². The van der Waals surface area contributed by atoms with E-state index in [0.29, 0.717) is 5.78 Å². The van der Waals surface area contributed by atoms with Crippen molar-refractivity contribution in [3.63, 3.8) is 0 Å². The molecule has 0 heterocycles. The van der Waals surface area contributed by atoms with Crippen LogP contribution in [0.25, 0.3) is 0 Å². The van der Waals surface area contributed by atoms with Crippen molar-refractivity contribution in [1.82, 2.24) is 0 Å². The minimum atomic E-state index is -0.321. The van der Waals surface area contributed by atoms with Gasteiger partial charge in [-0.15, -0.1) is 0 Å². The average Bonchev–Trinajstić information content (AvgIpc) is 1.35. The zero-order valence-electron chi connectivity index (χ0n) is 4.32. The minimum absolute atomic E-state index is 0.321. The van der Waals surface area contributed by atoms with Gasteiger partial charge < -0.3 is 0 Å². The maximum atomic E-state index is 10.1. The summed E-state index contributed by atoms with van der Waals surface area (Å²) in [6, 6.07) is 0.